The van der Waals surface area contributed by atoms with Crippen LogP contribution in [0.25, 0.3) is 0 Å². The number of morpholine rings is 1. The first-order valence-corrected chi connectivity index (χ1v) is 6.93. The molecule has 0 aromatic carbocycles. The maximum atomic E-state index is 9.92. The third-order valence-electron chi connectivity index (χ3n) is 3.29. The lowest BCUT2D eigenvalue weighted by atomic mass is 10.2. The molecule has 2 heterocycles. The molecule has 108 valence electrons. The Hall–Kier alpha value is -0.950. The van der Waals surface area contributed by atoms with E-state index in [1.54, 1.807) is 10.9 Å². The van der Waals surface area contributed by atoms with E-state index in [4.69, 9.17) is 4.74 Å². The standard InChI is InChI=1S/C13H24N4O2/c1-12(10-16-5-7-19-8-6-16)14-9-13(18)11-17-4-2-3-15-17/h2-4,12-14,18H,5-11H2,1H3. The minimum atomic E-state index is -0.410. The number of nitrogens with one attached hydrogen (secondary N) is 1. The summed E-state index contributed by atoms with van der Waals surface area (Å²) < 4.78 is 7.08. The number of aliphatic hydroxyl groups excluding tert-OH is 1. The van der Waals surface area contributed by atoms with Crippen molar-refractivity contribution in [2.45, 2.75) is 25.6 Å². The molecule has 6 heteroatoms. The zero-order chi connectivity index (χ0) is 13.5. The second-order valence-electron chi connectivity index (χ2n) is 5.10. The Balaban J connectivity index is 1.61. The highest BCUT2D eigenvalue weighted by atomic mass is 16.5. The molecule has 1 aliphatic rings. The predicted molar refractivity (Wildman–Crippen MR) is 73.0 cm³/mol. The van der Waals surface area contributed by atoms with Gasteiger partial charge in [0, 0.05) is 44.6 Å². The number of nitrogens with zero attached hydrogens (tertiary/aromatic N) is 3. The molecule has 2 N–H and O–H groups in total. The SMILES string of the molecule is CC(CN1CCOCC1)NCC(O)Cn1cccn1. The first-order valence-electron chi connectivity index (χ1n) is 6.93. The fourth-order valence-corrected chi connectivity index (χ4v) is 2.26. The molecule has 0 radical (unpaired) electrons. The maximum Gasteiger partial charge on any atom is 0.0860 e. The summed E-state index contributed by atoms with van der Waals surface area (Å²) in [5.41, 5.74) is 0. The molecular formula is C13H24N4O2. The lowest BCUT2D eigenvalue weighted by molar-refractivity contribution is 0.0335. The minimum absolute atomic E-state index is 0.366. The Kier molecular flexibility index (Phi) is 5.78. The van der Waals surface area contributed by atoms with Crippen LogP contribution in [-0.4, -0.2) is 71.3 Å². The van der Waals surface area contributed by atoms with E-state index in [1.165, 1.54) is 0 Å². The van der Waals surface area contributed by atoms with Gasteiger partial charge in [0.15, 0.2) is 0 Å². The lowest BCUT2D eigenvalue weighted by Crippen LogP contribution is -2.46. The van der Waals surface area contributed by atoms with Crippen LogP contribution in [-0.2, 0) is 11.3 Å². The third-order valence-corrected chi connectivity index (χ3v) is 3.29. The van der Waals surface area contributed by atoms with Gasteiger partial charge in [0.2, 0.25) is 0 Å². The van der Waals surface area contributed by atoms with Crippen molar-refractivity contribution in [3.05, 3.63) is 18.5 Å². The first-order chi connectivity index (χ1) is 9.24. The van der Waals surface area contributed by atoms with Gasteiger partial charge in [-0.15, -0.1) is 0 Å². The molecule has 1 aliphatic heterocycles. The number of aromatic nitrogens is 2. The highest BCUT2D eigenvalue weighted by Crippen LogP contribution is 1.99. The Labute approximate surface area is 114 Å². The van der Waals surface area contributed by atoms with E-state index in [1.807, 2.05) is 12.3 Å². The summed E-state index contributed by atoms with van der Waals surface area (Å²) >= 11 is 0. The lowest BCUT2D eigenvalue weighted by Gasteiger charge is -2.29. The largest absolute Gasteiger partial charge is 0.390 e. The molecule has 0 amide bonds. The first kappa shape index (κ1) is 14.5. The quantitative estimate of drug-likeness (QED) is 0.701. The molecule has 6 nitrogen and oxygen atoms in total. The van der Waals surface area contributed by atoms with E-state index in [9.17, 15) is 5.11 Å². The Morgan fingerprint density at radius 3 is 2.84 bits per heavy atom. The number of hydrogen-bond donors (Lipinski definition) is 2. The van der Waals surface area contributed by atoms with Crippen molar-refractivity contribution in [3.63, 3.8) is 0 Å². The zero-order valence-electron chi connectivity index (χ0n) is 11.5. The second kappa shape index (κ2) is 7.59. The zero-order valence-corrected chi connectivity index (χ0v) is 11.5. The van der Waals surface area contributed by atoms with Crippen molar-refractivity contribution in [1.82, 2.24) is 20.0 Å². The summed E-state index contributed by atoms with van der Waals surface area (Å²) in [6, 6.07) is 2.23. The van der Waals surface area contributed by atoms with Crippen LogP contribution in [0.4, 0.5) is 0 Å². The van der Waals surface area contributed by atoms with Gasteiger partial charge in [-0.1, -0.05) is 0 Å². The van der Waals surface area contributed by atoms with E-state index in [-0.39, 0.29) is 0 Å². The molecule has 1 aromatic heterocycles. The van der Waals surface area contributed by atoms with Crippen molar-refractivity contribution >= 4 is 0 Å². The van der Waals surface area contributed by atoms with Gasteiger partial charge in [-0.05, 0) is 13.0 Å². The summed E-state index contributed by atoms with van der Waals surface area (Å²) in [6.45, 7) is 7.93. The Morgan fingerprint density at radius 2 is 2.16 bits per heavy atom. The molecule has 2 atom stereocenters. The Bertz CT molecular complexity index is 338. The number of aliphatic hydroxyl groups is 1. The van der Waals surface area contributed by atoms with Crippen molar-refractivity contribution in [1.29, 1.82) is 0 Å². The van der Waals surface area contributed by atoms with Gasteiger partial charge in [0.1, 0.15) is 0 Å². The summed E-state index contributed by atoms with van der Waals surface area (Å²) in [4.78, 5) is 2.39. The van der Waals surface area contributed by atoms with Crippen LogP contribution < -0.4 is 5.32 Å². The van der Waals surface area contributed by atoms with Gasteiger partial charge in [-0.2, -0.15) is 5.10 Å². The van der Waals surface area contributed by atoms with Crippen molar-refractivity contribution in [2.75, 3.05) is 39.4 Å². The molecule has 0 saturated carbocycles. The van der Waals surface area contributed by atoms with Crippen LogP contribution in [0.15, 0.2) is 18.5 Å². The summed E-state index contributed by atoms with van der Waals surface area (Å²) in [5, 5.41) is 17.4. The van der Waals surface area contributed by atoms with Crippen molar-refractivity contribution < 1.29 is 9.84 Å². The molecule has 1 fully saturated rings. The van der Waals surface area contributed by atoms with E-state index in [0.717, 1.165) is 32.8 Å². The molecule has 0 spiro atoms. The average Bonchev–Trinajstić information content (AvgIpc) is 2.90. The maximum absolute atomic E-state index is 9.92. The van der Waals surface area contributed by atoms with E-state index in [2.05, 4.69) is 22.2 Å². The molecular weight excluding hydrogens is 244 g/mol. The number of hydrogen-bond acceptors (Lipinski definition) is 5. The van der Waals surface area contributed by atoms with E-state index in [0.29, 0.717) is 19.1 Å². The number of ether oxygens (including phenoxy) is 1. The minimum Gasteiger partial charge on any atom is -0.390 e. The summed E-state index contributed by atoms with van der Waals surface area (Å²) in [7, 11) is 0. The highest BCUT2D eigenvalue weighted by Gasteiger charge is 2.14. The topological polar surface area (TPSA) is 62.6 Å². The van der Waals surface area contributed by atoms with Crippen LogP contribution in [0, 0.1) is 0 Å². The van der Waals surface area contributed by atoms with E-state index < -0.39 is 6.10 Å². The van der Waals surface area contributed by atoms with Gasteiger partial charge in [0.25, 0.3) is 0 Å². The summed E-state index contributed by atoms with van der Waals surface area (Å²) in [5.74, 6) is 0. The Morgan fingerprint density at radius 1 is 1.37 bits per heavy atom. The van der Waals surface area contributed by atoms with Gasteiger partial charge in [-0.3, -0.25) is 9.58 Å². The molecule has 1 saturated heterocycles. The van der Waals surface area contributed by atoms with Crippen LogP contribution in [0.1, 0.15) is 6.92 Å². The second-order valence-corrected chi connectivity index (χ2v) is 5.10. The van der Waals surface area contributed by atoms with Crippen molar-refractivity contribution in [2.24, 2.45) is 0 Å². The number of rotatable bonds is 7. The van der Waals surface area contributed by atoms with Crippen LogP contribution in [0.3, 0.4) is 0 Å². The fraction of sp³-hybridized carbons (Fsp3) is 0.769. The molecule has 2 unspecified atom stereocenters. The summed E-state index contributed by atoms with van der Waals surface area (Å²) in [6.07, 6.45) is 3.17. The van der Waals surface area contributed by atoms with Gasteiger partial charge < -0.3 is 15.2 Å². The van der Waals surface area contributed by atoms with Gasteiger partial charge >= 0.3 is 0 Å². The van der Waals surface area contributed by atoms with Crippen molar-refractivity contribution in [3.8, 4) is 0 Å². The molecule has 0 aliphatic carbocycles. The monoisotopic (exact) mass is 268 g/mol. The van der Waals surface area contributed by atoms with Crippen LogP contribution >= 0.6 is 0 Å². The molecule has 2 rings (SSSR count). The van der Waals surface area contributed by atoms with Crippen LogP contribution in [0.2, 0.25) is 0 Å². The van der Waals surface area contributed by atoms with E-state index >= 15 is 0 Å². The molecule has 1 aromatic rings. The highest BCUT2D eigenvalue weighted by molar-refractivity contribution is 4.79. The third kappa shape index (κ3) is 5.28. The predicted octanol–water partition coefficient (Wildman–Crippen LogP) is -0.446. The molecule has 19 heavy (non-hydrogen) atoms. The molecule has 0 bridgehead atoms. The smallest absolute Gasteiger partial charge is 0.0860 e. The average molecular weight is 268 g/mol. The van der Waals surface area contributed by atoms with Crippen LogP contribution in [0.5, 0.6) is 0 Å². The fourth-order valence-electron chi connectivity index (χ4n) is 2.26. The van der Waals surface area contributed by atoms with Gasteiger partial charge in [0.05, 0.1) is 25.9 Å². The normalized spacial score (nSPS) is 20.3. The van der Waals surface area contributed by atoms with Gasteiger partial charge in [-0.25, -0.2) is 0 Å².